The minimum Gasteiger partial charge on any atom is -0.481 e. The van der Waals surface area contributed by atoms with E-state index in [-0.39, 0.29) is 0 Å². The van der Waals surface area contributed by atoms with Crippen LogP contribution < -0.4 is 0 Å². The molecular weight excluding hydrogens is 388 g/mol. The Balaban J connectivity index is 3.36. The van der Waals surface area contributed by atoms with Gasteiger partial charge in [-0.15, -0.1) is 0 Å². The lowest BCUT2D eigenvalue weighted by molar-refractivity contribution is -0.138. The monoisotopic (exact) mass is 432 g/mol. The molecule has 2 N–H and O–H groups in total. The highest BCUT2D eigenvalue weighted by Gasteiger charge is 1.96. The second-order valence-electron chi connectivity index (χ2n) is 7.99. The summed E-state index contributed by atoms with van der Waals surface area (Å²) < 4.78 is 0. The van der Waals surface area contributed by atoms with Crippen LogP contribution in [0.1, 0.15) is 109 Å². The molecule has 0 saturated carbocycles. The van der Waals surface area contributed by atoms with Gasteiger partial charge in [-0.05, 0) is 57.8 Å². The zero-order valence-electron chi connectivity index (χ0n) is 19.4. The molecule has 31 heavy (non-hydrogen) atoms. The molecule has 0 unspecified atom stereocenters. The fourth-order valence-corrected chi connectivity index (χ4v) is 3.19. The molecule has 0 aromatic rings. The maximum absolute atomic E-state index is 10.4. The van der Waals surface area contributed by atoms with Crippen LogP contribution in [0.5, 0.6) is 0 Å². The Hall–Kier alpha value is -2.10. The Morgan fingerprint density at radius 1 is 0.419 bits per heavy atom. The van der Waals surface area contributed by atoms with Crippen LogP contribution in [0.2, 0.25) is 0 Å². The molecule has 0 bridgehead atoms. The highest BCUT2D eigenvalue weighted by atomic mass is 16.4. The molecule has 0 saturated heterocycles. The van der Waals surface area contributed by atoms with E-state index in [1.807, 2.05) is 0 Å². The molecule has 0 aromatic carbocycles. The van der Waals surface area contributed by atoms with Crippen molar-refractivity contribution in [1.82, 2.24) is 0 Å². The van der Waals surface area contributed by atoms with Crippen LogP contribution in [0, 0.1) is 0 Å². The molecule has 0 fully saturated rings. The number of hydrogen-bond donors (Lipinski definition) is 2. The number of aliphatic carboxylic acids is 2. The van der Waals surface area contributed by atoms with E-state index < -0.39 is 11.9 Å². The van der Waals surface area contributed by atoms with E-state index in [4.69, 9.17) is 10.2 Å². The van der Waals surface area contributed by atoms with Crippen LogP contribution in [0.3, 0.4) is 0 Å². The highest BCUT2D eigenvalue weighted by molar-refractivity contribution is 5.66. The largest absolute Gasteiger partial charge is 0.481 e. The summed E-state index contributed by atoms with van der Waals surface area (Å²) in [6.07, 6.45) is 34.3. The Labute approximate surface area is 189 Å². The van der Waals surface area contributed by atoms with E-state index in [0.29, 0.717) is 12.8 Å². The topological polar surface area (TPSA) is 74.6 Å². The first-order valence-electron chi connectivity index (χ1n) is 12.2. The van der Waals surface area contributed by atoms with Crippen molar-refractivity contribution in [2.75, 3.05) is 0 Å². The molecule has 0 amide bonds. The molecule has 4 nitrogen and oxygen atoms in total. The molecule has 4 heteroatoms. The molecule has 0 heterocycles. The number of carboxylic acids is 2. The highest BCUT2D eigenvalue weighted by Crippen LogP contribution is 2.09. The van der Waals surface area contributed by atoms with Crippen molar-refractivity contribution in [3.05, 3.63) is 48.6 Å². The van der Waals surface area contributed by atoms with Gasteiger partial charge in [-0.25, -0.2) is 0 Å². The lowest BCUT2D eigenvalue weighted by Gasteiger charge is -1.98. The lowest BCUT2D eigenvalue weighted by atomic mass is 10.1. The van der Waals surface area contributed by atoms with Crippen molar-refractivity contribution in [3.8, 4) is 0 Å². The van der Waals surface area contributed by atoms with Gasteiger partial charge < -0.3 is 10.2 Å². The maximum atomic E-state index is 10.4. The average molecular weight is 433 g/mol. The van der Waals surface area contributed by atoms with Crippen LogP contribution in [-0.2, 0) is 9.59 Å². The van der Waals surface area contributed by atoms with Crippen LogP contribution in [-0.4, -0.2) is 22.2 Å². The molecule has 176 valence electrons. The van der Waals surface area contributed by atoms with Gasteiger partial charge in [-0.3, -0.25) is 9.59 Å². The van der Waals surface area contributed by atoms with Crippen molar-refractivity contribution in [2.45, 2.75) is 109 Å². The number of carboxylic acid groups (broad SMARTS) is 2. The summed E-state index contributed by atoms with van der Waals surface area (Å²) in [7, 11) is 0. The normalized spacial score (nSPS) is 12.1. The Bertz CT molecular complexity index is 495. The number of allylic oxidation sites excluding steroid dienone is 8. The number of unbranched alkanes of at least 4 members (excludes halogenated alkanes) is 10. The van der Waals surface area contributed by atoms with Crippen molar-refractivity contribution in [2.24, 2.45) is 0 Å². The molecule has 0 rings (SSSR count). The Morgan fingerprint density at radius 2 is 0.710 bits per heavy atom. The number of rotatable bonds is 22. The average Bonchev–Trinajstić information content (AvgIpc) is 2.73. The third kappa shape index (κ3) is 27.9. The summed E-state index contributed by atoms with van der Waals surface area (Å²) in [4.78, 5) is 20.8. The van der Waals surface area contributed by atoms with Gasteiger partial charge in [0.2, 0.25) is 0 Å². The molecule has 0 aromatic heterocycles. The van der Waals surface area contributed by atoms with E-state index >= 15 is 0 Å². The smallest absolute Gasteiger partial charge is 0.303 e. The Kier molecular flexibility index (Phi) is 22.5. The SMILES string of the molecule is O=C(O)CCCCCCC/C=C\C/C=C\C/C=C\C/C=C\CCCCCCCC(=O)O. The lowest BCUT2D eigenvalue weighted by Crippen LogP contribution is -1.93. The van der Waals surface area contributed by atoms with Crippen LogP contribution in [0.15, 0.2) is 48.6 Å². The molecule has 0 aliphatic rings. The molecule has 0 spiro atoms. The molecule has 0 radical (unpaired) electrons. The minimum absolute atomic E-state index is 0.304. The molecule has 0 aliphatic carbocycles. The van der Waals surface area contributed by atoms with E-state index in [1.54, 1.807) is 0 Å². The molecular formula is C27H44O4. The zero-order valence-corrected chi connectivity index (χ0v) is 19.4. The summed E-state index contributed by atoms with van der Waals surface area (Å²) in [6.45, 7) is 0. The van der Waals surface area contributed by atoms with Gasteiger partial charge in [0.25, 0.3) is 0 Å². The maximum Gasteiger partial charge on any atom is 0.303 e. The number of hydrogen-bond acceptors (Lipinski definition) is 2. The van der Waals surface area contributed by atoms with Gasteiger partial charge >= 0.3 is 11.9 Å². The molecule has 0 aliphatic heterocycles. The summed E-state index contributed by atoms with van der Waals surface area (Å²) in [5.41, 5.74) is 0. The fraction of sp³-hybridized carbons (Fsp3) is 0.630. The van der Waals surface area contributed by atoms with E-state index in [1.165, 1.54) is 25.7 Å². The first-order chi connectivity index (χ1) is 15.1. The quantitative estimate of drug-likeness (QED) is 0.134. The van der Waals surface area contributed by atoms with Crippen molar-refractivity contribution < 1.29 is 19.8 Å². The van der Waals surface area contributed by atoms with E-state index in [0.717, 1.165) is 70.6 Å². The third-order valence-electron chi connectivity index (χ3n) is 5.01. The zero-order chi connectivity index (χ0) is 22.8. The van der Waals surface area contributed by atoms with Gasteiger partial charge in [-0.2, -0.15) is 0 Å². The first-order valence-corrected chi connectivity index (χ1v) is 12.2. The van der Waals surface area contributed by atoms with Crippen molar-refractivity contribution in [3.63, 3.8) is 0 Å². The summed E-state index contributed by atoms with van der Waals surface area (Å²) in [5.74, 6) is -1.37. The van der Waals surface area contributed by atoms with Crippen LogP contribution in [0.25, 0.3) is 0 Å². The molecule has 0 atom stereocenters. The first kappa shape index (κ1) is 28.9. The van der Waals surface area contributed by atoms with E-state index in [2.05, 4.69) is 48.6 Å². The standard InChI is InChI=1S/C27H44O4/c28-26(29)24-22-20-18-16-14-12-10-8-6-4-2-1-3-5-7-9-11-13-15-17-19-21-23-25-27(30)31/h2-5,8-11H,1,6-7,12-25H2,(H,28,29)(H,30,31)/b4-2-,5-3-,10-8-,11-9-. The van der Waals surface area contributed by atoms with Gasteiger partial charge in [0, 0.05) is 12.8 Å². The fourth-order valence-electron chi connectivity index (χ4n) is 3.19. The van der Waals surface area contributed by atoms with Gasteiger partial charge in [0.15, 0.2) is 0 Å². The van der Waals surface area contributed by atoms with Gasteiger partial charge in [-0.1, -0.05) is 87.1 Å². The predicted molar refractivity (Wildman–Crippen MR) is 130 cm³/mol. The van der Waals surface area contributed by atoms with Crippen molar-refractivity contribution >= 4 is 11.9 Å². The van der Waals surface area contributed by atoms with E-state index in [9.17, 15) is 9.59 Å². The second kappa shape index (κ2) is 24.2. The van der Waals surface area contributed by atoms with Crippen LogP contribution >= 0.6 is 0 Å². The summed E-state index contributed by atoms with van der Waals surface area (Å²) in [5, 5.41) is 17.1. The van der Waals surface area contributed by atoms with Crippen LogP contribution in [0.4, 0.5) is 0 Å². The summed E-state index contributed by atoms with van der Waals surface area (Å²) >= 11 is 0. The predicted octanol–water partition coefficient (Wildman–Crippen LogP) is 8.01. The Morgan fingerprint density at radius 3 is 1.06 bits per heavy atom. The second-order valence-corrected chi connectivity index (χ2v) is 7.99. The van der Waals surface area contributed by atoms with Gasteiger partial charge in [0.1, 0.15) is 0 Å². The third-order valence-corrected chi connectivity index (χ3v) is 5.01. The minimum atomic E-state index is -0.686. The van der Waals surface area contributed by atoms with Gasteiger partial charge in [0.05, 0.1) is 0 Å². The number of carbonyl (C=O) groups is 2. The van der Waals surface area contributed by atoms with Crippen molar-refractivity contribution in [1.29, 1.82) is 0 Å². The summed E-state index contributed by atoms with van der Waals surface area (Å²) in [6, 6.07) is 0.